The number of aromatic nitrogens is 3. The lowest BCUT2D eigenvalue weighted by atomic mass is 10.2. The van der Waals surface area contributed by atoms with Gasteiger partial charge in [0.2, 0.25) is 0 Å². The summed E-state index contributed by atoms with van der Waals surface area (Å²) in [4.78, 5) is 25.9. The number of carbonyl (C=O) groups is 2. The molecule has 1 unspecified atom stereocenters. The fourth-order valence-corrected chi connectivity index (χ4v) is 1.66. The van der Waals surface area contributed by atoms with E-state index in [0.717, 1.165) is 0 Å². The van der Waals surface area contributed by atoms with Crippen molar-refractivity contribution in [1.82, 2.24) is 14.8 Å². The lowest BCUT2D eigenvalue weighted by Crippen LogP contribution is -2.13. The Bertz CT molecular complexity index is 578. The van der Waals surface area contributed by atoms with Crippen molar-refractivity contribution in [3.05, 3.63) is 47.5 Å². The highest BCUT2D eigenvalue weighted by atomic mass is 16.4. The molecule has 0 bridgehead atoms. The van der Waals surface area contributed by atoms with Gasteiger partial charge in [0.25, 0.3) is 0 Å². The molecule has 2 heterocycles. The zero-order valence-electron chi connectivity index (χ0n) is 9.65. The first-order valence-corrected chi connectivity index (χ1v) is 5.32. The number of nitrogens with zero attached hydrogens (tertiary/aromatic N) is 3. The maximum atomic E-state index is 10.9. The standard InChI is InChI=1S/C12H11N3O3/c1-8(10-4-2-3-5-13-10)15-9(7-16)6-11(14-15)12(17)18/h2-8H,1H3,(H,17,18). The van der Waals surface area contributed by atoms with Crippen LogP contribution in [-0.2, 0) is 0 Å². The van der Waals surface area contributed by atoms with E-state index in [4.69, 9.17) is 5.11 Å². The van der Waals surface area contributed by atoms with E-state index in [-0.39, 0.29) is 17.4 Å². The normalized spacial score (nSPS) is 12.1. The second kappa shape index (κ2) is 4.79. The van der Waals surface area contributed by atoms with Crippen LogP contribution in [0.15, 0.2) is 30.5 Å². The number of carboxylic acid groups (broad SMARTS) is 1. The van der Waals surface area contributed by atoms with Gasteiger partial charge in [-0.3, -0.25) is 14.5 Å². The van der Waals surface area contributed by atoms with Crippen LogP contribution in [0.4, 0.5) is 0 Å². The number of pyridine rings is 1. The molecule has 0 spiro atoms. The van der Waals surface area contributed by atoms with Crippen molar-refractivity contribution in [3.63, 3.8) is 0 Å². The minimum absolute atomic E-state index is 0.153. The summed E-state index contributed by atoms with van der Waals surface area (Å²) in [5.41, 5.74) is 0.770. The predicted octanol–water partition coefficient (Wildman–Crippen LogP) is 1.40. The fraction of sp³-hybridized carbons (Fsp3) is 0.167. The second-order valence-electron chi connectivity index (χ2n) is 3.75. The fourth-order valence-electron chi connectivity index (χ4n) is 1.66. The summed E-state index contributed by atoms with van der Waals surface area (Å²) in [5.74, 6) is -1.16. The molecular formula is C12H11N3O3. The van der Waals surface area contributed by atoms with Gasteiger partial charge in [-0.15, -0.1) is 0 Å². The molecular weight excluding hydrogens is 234 g/mol. The highest BCUT2D eigenvalue weighted by Gasteiger charge is 2.18. The minimum atomic E-state index is -1.16. The van der Waals surface area contributed by atoms with Gasteiger partial charge in [-0.25, -0.2) is 4.79 Å². The van der Waals surface area contributed by atoms with Gasteiger partial charge >= 0.3 is 5.97 Å². The van der Waals surface area contributed by atoms with Crippen molar-refractivity contribution in [2.24, 2.45) is 0 Å². The summed E-state index contributed by atoms with van der Waals surface area (Å²) >= 11 is 0. The number of hydrogen-bond acceptors (Lipinski definition) is 4. The zero-order chi connectivity index (χ0) is 13.1. The van der Waals surface area contributed by atoms with Crippen LogP contribution in [0, 0.1) is 0 Å². The highest BCUT2D eigenvalue weighted by molar-refractivity contribution is 5.87. The largest absolute Gasteiger partial charge is 0.476 e. The quantitative estimate of drug-likeness (QED) is 0.823. The Labute approximate surface area is 103 Å². The third kappa shape index (κ3) is 2.13. The molecule has 2 rings (SSSR count). The van der Waals surface area contributed by atoms with Crippen molar-refractivity contribution in [2.75, 3.05) is 0 Å². The van der Waals surface area contributed by atoms with Crippen molar-refractivity contribution in [2.45, 2.75) is 13.0 Å². The predicted molar refractivity (Wildman–Crippen MR) is 62.6 cm³/mol. The van der Waals surface area contributed by atoms with E-state index in [1.54, 1.807) is 25.3 Å². The highest BCUT2D eigenvalue weighted by Crippen LogP contribution is 2.17. The molecule has 18 heavy (non-hydrogen) atoms. The van der Waals surface area contributed by atoms with Crippen molar-refractivity contribution >= 4 is 12.3 Å². The van der Waals surface area contributed by atoms with Crippen molar-refractivity contribution in [3.8, 4) is 0 Å². The maximum absolute atomic E-state index is 10.9. The first kappa shape index (κ1) is 12.0. The van der Waals surface area contributed by atoms with E-state index in [1.165, 1.54) is 10.7 Å². The summed E-state index contributed by atoms with van der Waals surface area (Å²) in [7, 11) is 0. The van der Waals surface area contributed by atoms with Crippen molar-refractivity contribution < 1.29 is 14.7 Å². The summed E-state index contributed by atoms with van der Waals surface area (Å²) in [6.45, 7) is 1.80. The molecule has 0 fully saturated rings. The molecule has 0 saturated heterocycles. The maximum Gasteiger partial charge on any atom is 0.356 e. The first-order valence-electron chi connectivity index (χ1n) is 5.32. The van der Waals surface area contributed by atoms with Gasteiger partial charge in [0.1, 0.15) is 5.69 Å². The van der Waals surface area contributed by atoms with Crippen LogP contribution in [0.1, 0.15) is 39.6 Å². The molecule has 2 aromatic heterocycles. The van der Waals surface area contributed by atoms with E-state index in [0.29, 0.717) is 12.0 Å². The molecule has 0 aliphatic carbocycles. The molecule has 0 aliphatic heterocycles. The van der Waals surface area contributed by atoms with Crippen LogP contribution >= 0.6 is 0 Å². The van der Waals surface area contributed by atoms with Crippen LogP contribution in [0.5, 0.6) is 0 Å². The average Bonchev–Trinajstić information content (AvgIpc) is 2.83. The summed E-state index contributed by atoms with van der Waals surface area (Å²) < 4.78 is 1.36. The van der Waals surface area contributed by atoms with E-state index in [2.05, 4.69) is 10.1 Å². The number of aromatic carboxylic acids is 1. The molecule has 0 aliphatic rings. The third-order valence-corrected chi connectivity index (χ3v) is 2.59. The molecule has 6 heteroatoms. The molecule has 6 nitrogen and oxygen atoms in total. The Morgan fingerprint density at radius 3 is 2.83 bits per heavy atom. The van der Waals surface area contributed by atoms with Gasteiger partial charge in [-0.05, 0) is 19.1 Å². The van der Waals surface area contributed by atoms with Gasteiger partial charge in [0.15, 0.2) is 12.0 Å². The van der Waals surface area contributed by atoms with Gasteiger partial charge in [0, 0.05) is 12.3 Å². The number of hydrogen-bond donors (Lipinski definition) is 1. The average molecular weight is 245 g/mol. The van der Waals surface area contributed by atoms with E-state index >= 15 is 0 Å². The van der Waals surface area contributed by atoms with Crippen LogP contribution in [0.25, 0.3) is 0 Å². The number of rotatable bonds is 4. The van der Waals surface area contributed by atoms with Crippen LogP contribution in [0.2, 0.25) is 0 Å². The Morgan fingerprint density at radius 1 is 1.50 bits per heavy atom. The zero-order valence-corrected chi connectivity index (χ0v) is 9.65. The SMILES string of the molecule is CC(c1ccccn1)n1nc(C(=O)O)cc1C=O. The molecule has 1 N–H and O–H groups in total. The van der Waals surface area contributed by atoms with Crippen LogP contribution in [0.3, 0.4) is 0 Å². The molecule has 0 saturated carbocycles. The van der Waals surface area contributed by atoms with Crippen LogP contribution in [-0.4, -0.2) is 32.1 Å². The monoisotopic (exact) mass is 245 g/mol. The van der Waals surface area contributed by atoms with E-state index in [1.807, 2.05) is 6.07 Å². The van der Waals surface area contributed by atoms with Gasteiger partial charge in [-0.1, -0.05) is 6.07 Å². The van der Waals surface area contributed by atoms with Gasteiger partial charge in [-0.2, -0.15) is 5.10 Å². The number of aldehydes is 1. The smallest absolute Gasteiger partial charge is 0.356 e. The lowest BCUT2D eigenvalue weighted by Gasteiger charge is -2.12. The molecule has 2 aromatic rings. The molecule has 92 valence electrons. The molecule has 1 atom stereocenters. The minimum Gasteiger partial charge on any atom is -0.476 e. The summed E-state index contributed by atoms with van der Waals surface area (Å²) in [6, 6.07) is 6.33. The number of carbonyl (C=O) groups excluding carboxylic acids is 1. The second-order valence-corrected chi connectivity index (χ2v) is 3.75. The van der Waals surface area contributed by atoms with E-state index < -0.39 is 5.97 Å². The third-order valence-electron chi connectivity index (χ3n) is 2.59. The van der Waals surface area contributed by atoms with E-state index in [9.17, 15) is 9.59 Å². The van der Waals surface area contributed by atoms with Crippen molar-refractivity contribution in [1.29, 1.82) is 0 Å². The molecule has 0 amide bonds. The van der Waals surface area contributed by atoms with Crippen LogP contribution < -0.4 is 0 Å². The first-order chi connectivity index (χ1) is 8.63. The summed E-state index contributed by atoms with van der Waals surface area (Å²) in [6.07, 6.45) is 2.22. The number of carboxylic acids is 1. The Kier molecular flexibility index (Phi) is 3.18. The van der Waals surface area contributed by atoms with Gasteiger partial charge in [0.05, 0.1) is 11.7 Å². The molecule has 0 aromatic carbocycles. The Morgan fingerprint density at radius 2 is 2.28 bits per heavy atom. The van der Waals surface area contributed by atoms with Gasteiger partial charge < -0.3 is 5.11 Å². The lowest BCUT2D eigenvalue weighted by molar-refractivity contribution is 0.0689. The topological polar surface area (TPSA) is 85.1 Å². The molecule has 0 radical (unpaired) electrons. The Hall–Kier alpha value is -2.50. The Balaban J connectivity index is 2.44. The summed E-state index contributed by atoms with van der Waals surface area (Å²) in [5, 5.41) is 12.8.